The quantitative estimate of drug-likeness (QED) is 0.357. The van der Waals surface area contributed by atoms with Gasteiger partial charge < -0.3 is 20.4 Å². The van der Waals surface area contributed by atoms with E-state index in [1.165, 1.54) is 18.2 Å². The first-order valence-corrected chi connectivity index (χ1v) is 11.0. The van der Waals surface area contributed by atoms with E-state index in [0.29, 0.717) is 28.5 Å². The number of likely N-dealkylation sites (N-methyl/N-ethyl adjacent to an activating group) is 2. The Bertz CT molecular complexity index is 1370. The molecule has 0 bridgehead atoms. The van der Waals surface area contributed by atoms with Crippen molar-refractivity contribution in [2.75, 3.05) is 49.8 Å². The van der Waals surface area contributed by atoms with E-state index in [1.54, 1.807) is 28.9 Å². The second kappa shape index (κ2) is 10.3. The molecule has 0 aliphatic heterocycles. The highest BCUT2D eigenvalue weighted by Crippen LogP contribution is 2.30. The molecule has 2 aromatic carbocycles. The summed E-state index contributed by atoms with van der Waals surface area (Å²) < 4.78 is 15.5. The largest absolute Gasteiger partial charge is 0.372 e. The molecule has 0 spiro atoms. The summed E-state index contributed by atoms with van der Waals surface area (Å²) in [5, 5.41) is 14.5. The molecule has 1 amide bonds. The van der Waals surface area contributed by atoms with Gasteiger partial charge in [-0.25, -0.2) is 9.37 Å². The summed E-state index contributed by atoms with van der Waals surface area (Å²) in [6, 6.07) is 11.9. The van der Waals surface area contributed by atoms with Crippen LogP contribution in [0.15, 0.2) is 67.5 Å². The van der Waals surface area contributed by atoms with Crippen LogP contribution in [0.3, 0.4) is 0 Å². The number of carbonyl (C=O) groups excluding carboxylic acids is 1. The van der Waals surface area contributed by atoms with Gasteiger partial charge in [-0.15, -0.1) is 10.2 Å². The second-order valence-corrected chi connectivity index (χ2v) is 8.31. The molecule has 0 saturated carbocycles. The van der Waals surface area contributed by atoms with Crippen molar-refractivity contribution in [3.05, 3.63) is 73.3 Å². The highest BCUT2D eigenvalue weighted by atomic mass is 19.1. The molecule has 0 unspecified atom stereocenters. The van der Waals surface area contributed by atoms with Crippen molar-refractivity contribution in [3.8, 4) is 11.4 Å². The van der Waals surface area contributed by atoms with Gasteiger partial charge in [-0.3, -0.25) is 9.20 Å². The number of nitrogens with one attached hydrogen (secondary N) is 2. The summed E-state index contributed by atoms with van der Waals surface area (Å²) >= 11 is 0. The van der Waals surface area contributed by atoms with Crippen LogP contribution in [0.4, 0.5) is 27.3 Å². The summed E-state index contributed by atoms with van der Waals surface area (Å²) in [6.45, 7) is 5.19. The average molecular weight is 475 g/mol. The van der Waals surface area contributed by atoms with Crippen LogP contribution in [-0.4, -0.2) is 64.6 Å². The van der Waals surface area contributed by atoms with Crippen LogP contribution < -0.4 is 15.5 Å². The lowest BCUT2D eigenvalue weighted by Gasteiger charge is -2.24. The van der Waals surface area contributed by atoms with E-state index in [0.717, 1.165) is 24.5 Å². The fraction of sp³-hybridized carbons (Fsp3) is 0.200. The Balaban J connectivity index is 1.64. The van der Waals surface area contributed by atoms with Crippen molar-refractivity contribution in [1.29, 1.82) is 0 Å². The summed E-state index contributed by atoms with van der Waals surface area (Å²) in [4.78, 5) is 20.7. The SMILES string of the molecule is C=CC(=O)Nc1cc(Nc2cn3c(-c4cccc(F)c4)nnc3cn2)ccc1N(C)CCN(C)C. The maximum atomic E-state index is 13.7. The molecule has 0 atom stereocenters. The lowest BCUT2D eigenvalue weighted by atomic mass is 10.2. The van der Waals surface area contributed by atoms with E-state index in [1.807, 2.05) is 39.3 Å². The number of benzene rings is 2. The monoisotopic (exact) mass is 474 g/mol. The minimum Gasteiger partial charge on any atom is -0.372 e. The smallest absolute Gasteiger partial charge is 0.247 e. The van der Waals surface area contributed by atoms with E-state index in [2.05, 4.69) is 42.2 Å². The zero-order chi connectivity index (χ0) is 24.9. The molecule has 35 heavy (non-hydrogen) atoms. The van der Waals surface area contributed by atoms with Gasteiger partial charge in [-0.05, 0) is 50.5 Å². The minimum absolute atomic E-state index is 0.298. The molecule has 9 nitrogen and oxygen atoms in total. The van der Waals surface area contributed by atoms with E-state index in [9.17, 15) is 9.18 Å². The number of rotatable bonds is 9. The summed E-state index contributed by atoms with van der Waals surface area (Å²) in [5.74, 6) is 0.385. The van der Waals surface area contributed by atoms with Crippen molar-refractivity contribution < 1.29 is 9.18 Å². The van der Waals surface area contributed by atoms with Crippen LogP contribution >= 0.6 is 0 Å². The number of fused-ring (bicyclic) bond motifs is 1. The molecular weight excluding hydrogens is 447 g/mol. The second-order valence-electron chi connectivity index (χ2n) is 8.31. The van der Waals surface area contributed by atoms with Crippen LogP contribution in [0.5, 0.6) is 0 Å². The van der Waals surface area contributed by atoms with Crippen molar-refractivity contribution in [1.82, 2.24) is 24.5 Å². The third-order valence-electron chi connectivity index (χ3n) is 5.38. The van der Waals surface area contributed by atoms with Gasteiger partial charge >= 0.3 is 0 Å². The van der Waals surface area contributed by atoms with Gasteiger partial charge in [-0.2, -0.15) is 0 Å². The predicted molar refractivity (Wildman–Crippen MR) is 137 cm³/mol. The van der Waals surface area contributed by atoms with Crippen molar-refractivity contribution >= 4 is 34.4 Å². The fourth-order valence-electron chi connectivity index (χ4n) is 3.54. The number of anilines is 4. The van der Waals surface area contributed by atoms with E-state index < -0.39 is 0 Å². The van der Waals surface area contributed by atoms with Gasteiger partial charge in [0.15, 0.2) is 11.5 Å². The third kappa shape index (κ3) is 5.61. The zero-order valence-corrected chi connectivity index (χ0v) is 19.9. The Morgan fingerprint density at radius 2 is 1.97 bits per heavy atom. The molecule has 0 fully saturated rings. The fourth-order valence-corrected chi connectivity index (χ4v) is 3.54. The number of nitrogens with zero attached hydrogens (tertiary/aromatic N) is 6. The number of hydrogen-bond acceptors (Lipinski definition) is 7. The molecule has 180 valence electrons. The Morgan fingerprint density at radius 1 is 1.14 bits per heavy atom. The number of carbonyl (C=O) groups is 1. The van der Waals surface area contributed by atoms with Crippen LogP contribution in [0.25, 0.3) is 17.0 Å². The lowest BCUT2D eigenvalue weighted by molar-refractivity contribution is -0.111. The van der Waals surface area contributed by atoms with E-state index in [-0.39, 0.29) is 11.7 Å². The Labute approximate surface area is 202 Å². The van der Waals surface area contributed by atoms with Crippen LogP contribution in [0.2, 0.25) is 0 Å². The van der Waals surface area contributed by atoms with Crippen molar-refractivity contribution in [3.63, 3.8) is 0 Å². The van der Waals surface area contributed by atoms with Crippen LogP contribution in [0.1, 0.15) is 0 Å². The first-order chi connectivity index (χ1) is 16.8. The molecule has 4 aromatic rings. The first kappa shape index (κ1) is 23.8. The number of hydrogen-bond donors (Lipinski definition) is 2. The van der Waals surface area contributed by atoms with Gasteiger partial charge in [0.2, 0.25) is 5.91 Å². The normalized spacial score (nSPS) is 11.0. The molecule has 4 rings (SSSR count). The molecule has 0 aliphatic rings. The average Bonchev–Trinajstić information content (AvgIpc) is 3.26. The molecule has 0 radical (unpaired) electrons. The van der Waals surface area contributed by atoms with Gasteiger partial charge in [0, 0.05) is 31.4 Å². The third-order valence-corrected chi connectivity index (χ3v) is 5.38. The molecule has 2 N–H and O–H groups in total. The maximum absolute atomic E-state index is 13.7. The summed E-state index contributed by atoms with van der Waals surface area (Å²) in [5.41, 5.74) is 3.39. The van der Waals surface area contributed by atoms with E-state index in [4.69, 9.17) is 0 Å². The zero-order valence-electron chi connectivity index (χ0n) is 19.9. The Kier molecular flexibility index (Phi) is 7.02. The number of amides is 1. The lowest BCUT2D eigenvalue weighted by Crippen LogP contribution is -2.29. The predicted octanol–water partition coefficient (Wildman–Crippen LogP) is 3.80. The molecule has 2 aromatic heterocycles. The highest BCUT2D eigenvalue weighted by molar-refractivity contribution is 6.01. The topological polar surface area (TPSA) is 90.7 Å². The van der Waals surface area contributed by atoms with Crippen molar-refractivity contribution in [2.45, 2.75) is 0 Å². The molecule has 2 heterocycles. The highest BCUT2D eigenvalue weighted by Gasteiger charge is 2.13. The van der Waals surface area contributed by atoms with Gasteiger partial charge in [0.25, 0.3) is 0 Å². The standard InChI is InChI=1S/C25H27FN8O/c1-5-24(35)29-20-14-19(9-10-21(20)33(4)12-11-32(2)3)28-22-16-34-23(15-27-22)30-31-25(34)17-7-6-8-18(26)13-17/h5-10,13-16,28H,1,11-12H2,2-4H3,(H,29,35). The maximum Gasteiger partial charge on any atom is 0.247 e. The summed E-state index contributed by atoms with van der Waals surface area (Å²) in [6.07, 6.45) is 4.57. The molecular formula is C25H27FN8O. The summed E-state index contributed by atoms with van der Waals surface area (Å²) in [7, 11) is 6.01. The minimum atomic E-state index is -0.351. The molecule has 10 heteroatoms. The number of aromatic nitrogens is 4. The van der Waals surface area contributed by atoms with Gasteiger partial charge in [0.1, 0.15) is 11.6 Å². The first-order valence-electron chi connectivity index (χ1n) is 11.0. The molecule has 0 saturated heterocycles. The Hall–Kier alpha value is -4.31. The number of halogens is 1. The molecule has 0 aliphatic carbocycles. The van der Waals surface area contributed by atoms with Crippen LogP contribution in [-0.2, 0) is 4.79 Å². The van der Waals surface area contributed by atoms with Crippen molar-refractivity contribution in [2.24, 2.45) is 0 Å². The van der Waals surface area contributed by atoms with Gasteiger partial charge in [0.05, 0.1) is 23.8 Å². The van der Waals surface area contributed by atoms with Gasteiger partial charge in [-0.1, -0.05) is 18.7 Å². The van der Waals surface area contributed by atoms with E-state index >= 15 is 0 Å². The Morgan fingerprint density at radius 3 is 2.71 bits per heavy atom. The van der Waals surface area contributed by atoms with Crippen LogP contribution in [0, 0.1) is 5.82 Å².